The van der Waals surface area contributed by atoms with Gasteiger partial charge in [0.15, 0.2) is 5.96 Å². The van der Waals surface area contributed by atoms with Crippen LogP contribution in [0, 0.1) is 11.3 Å². The van der Waals surface area contributed by atoms with Crippen molar-refractivity contribution in [2.45, 2.75) is 47.1 Å². The average molecular weight is 427 g/mol. The molecule has 1 atom stereocenters. The van der Waals surface area contributed by atoms with Crippen molar-refractivity contribution in [1.29, 1.82) is 0 Å². The number of nitrogens with one attached hydrogen (secondary N) is 2. The van der Waals surface area contributed by atoms with Crippen molar-refractivity contribution in [3.05, 3.63) is 0 Å². The summed E-state index contributed by atoms with van der Waals surface area (Å²) < 4.78 is 11.0. The molecule has 0 bridgehead atoms. The summed E-state index contributed by atoms with van der Waals surface area (Å²) in [6.45, 7) is 15.7. The molecule has 6 heteroatoms. The molecular formula is C16H34IN3O2. The first-order valence-electron chi connectivity index (χ1n) is 8.22. The SMILES string of the molecule is CCNC(=NCC1(C)COC1)NCCC(OCC)C(C)C.I. The van der Waals surface area contributed by atoms with Crippen molar-refractivity contribution in [2.75, 3.05) is 39.5 Å². The fourth-order valence-electron chi connectivity index (χ4n) is 2.31. The Morgan fingerprint density at radius 2 is 1.95 bits per heavy atom. The molecule has 0 amide bonds. The van der Waals surface area contributed by atoms with E-state index in [-0.39, 0.29) is 29.4 Å². The lowest BCUT2D eigenvalue weighted by Crippen LogP contribution is -2.44. The van der Waals surface area contributed by atoms with Gasteiger partial charge in [-0.2, -0.15) is 0 Å². The fourth-order valence-corrected chi connectivity index (χ4v) is 2.31. The highest BCUT2D eigenvalue weighted by molar-refractivity contribution is 14.0. The van der Waals surface area contributed by atoms with Crippen LogP contribution in [0.2, 0.25) is 0 Å². The Morgan fingerprint density at radius 1 is 1.27 bits per heavy atom. The van der Waals surface area contributed by atoms with Gasteiger partial charge in [-0.25, -0.2) is 0 Å². The number of rotatable bonds is 9. The van der Waals surface area contributed by atoms with Gasteiger partial charge < -0.3 is 20.1 Å². The molecule has 0 aromatic carbocycles. The van der Waals surface area contributed by atoms with Crippen LogP contribution in [0.25, 0.3) is 0 Å². The van der Waals surface area contributed by atoms with E-state index in [2.05, 4.69) is 50.2 Å². The second-order valence-corrected chi connectivity index (χ2v) is 6.45. The van der Waals surface area contributed by atoms with Crippen LogP contribution in [0.15, 0.2) is 4.99 Å². The molecule has 0 spiro atoms. The Labute approximate surface area is 153 Å². The number of ether oxygens (including phenoxy) is 2. The highest BCUT2D eigenvalue weighted by Crippen LogP contribution is 2.26. The molecule has 0 aromatic heterocycles. The largest absolute Gasteiger partial charge is 0.380 e. The highest BCUT2D eigenvalue weighted by atomic mass is 127. The standard InChI is InChI=1S/C16H33N3O2.HI/c1-6-17-15(19-10-16(5)11-20-12-16)18-9-8-14(13(3)4)21-7-2;/h13-14H,6-12H2,1-5H3,(H2,17,18,19);1H. The quantitative estimate of drug-likeness (QED) is 0.338. The molecule has 1 heterocycles. The number of halogens is 1. The third kappa shape index (κ3) is 7.97. The van der Waals surface area contributed by atoms with Gasteiger partial charge in [0.05, 0.1) is 25.9 Å². The second kappa shape index (κ2) is 11.5. The predicted molar refractivity (Wildman–Crippen MR) is 103 cm³/mol. The maximum absolute atomic E-state index is 5.77. The van der Waals surface area contributed by atoms with Gasteiger partial charge >= 0.3 is 0 Å². The van der Waals surface area contributed by atoms with Crippen molar-refractivity contribution >= 4 is 29.9 Å². The molecular weight excluding hydrogens is 393 g/mol. The van der Waals surface area contributed by atoms with E-state index in [9.17, 15) is 0 Å². The summed E-state index contributed by atoms with van der Waals surface area (Å²) in [5, 5.41) is 6.70. The highest BCUT2D eigenvalue weighted by Gasteiger charge is 2.33. The minimum absolute atomic E-state index is 0. The molecule has 22 heavy (non-hydrogen) atoms. The molecule has 1 aliphatic rings. The van der Waals surface area contributed by atoms with Gasteiger partial charge in [-0.15, -0.1) is 24.0 Å². The molecule has 0 radical (unpaired) electrons. The molecule has 1 rings (SSSR count). The van der Waals surface area contributed by atoms with E-state index in [1.165, 1.54) is 0 Å². The van der Waals surface area contributed by atoms with Gasteiger partial charge in [0.1, 0.15) is 0 Å². The molecule has 0 aliphatic carbocycles. The van der Waals surface area contributed by atoms with Crippen LogP contribution in [-0.2, 0) is 9.47 Å². The molecule has 2 N–H and O–H groups in total. The molecule has 5 nitrogen and oxygen atoms in total. The second-order valence-electron chi connectivity index (χ2n) is 6.45. The molecule has 132 valence electrons. The monoisotopic (exact) mass is 427 g/mol. The fraction of sp³-hybridized carbons (Fsp3) is 0.938. The van der Waals surface area contributed by atoms with Gasteiger partial charge in [-0.1, -0.05) is 20.8 Å². The molecule has 0 saturated carbocycles. The zero-order chi connectivity index (χ0) is 15.7. The average Bonchev–Trinajstić information content (AvgIpc) is 2.41. The van der Waals surface area contributed by atoms with E-state index in [0.29, 0.717) is 12.0 Å². The van der Waals surface area contributed by atoms with Crippen molar-refractivity contribution in [1.82, 2.24) is 10.6 Å². The summed E-state index contributed by atoms with van der Waals surface area (Å²) >= 11 is 0. The Bertz CT molecular complexity index is 321. The van der Waals surface area contributed by atoms with E-state index in [1.807, 2.05) is 0 Å². The third-order valence-corrected chi connectivity index (χ3v) is 3.71. The van der Waals surface area contributed by atoms with Crippen LogP contribution < -0.4 is 10.6 Å². The maximum Gasteiger partial charge on any atom is 0.191 e. The molecule has 1 unspecified atom stereocenters. The third-order valence-electron chi connectivity index (χ3n) is 3.71. The topological polar surface area (TPSA) is 54.9 Å². The minimum atomic E-state index is 0. The summed E-state index contributed by atoms with van der Waals surface area (Å²) in [7, 11) is 0. The maximum atomic E-state index is 5.77. The number of hydrogen-bond acceptors (Lipinski definition) is 3. The van der Waals surface area contributed by atoms with Gasteiger partial charge in [0.2, 0.25) is 0 Å². The van der Waals surface area contributed by atoms with Crippen molar-refractivity contribution in [2.24, 2.45) is 16.3 Å². The Hall–Kier alpha value is -0.0800. The minimum Gasteiger partial charge on any atom is -0.380 e. The molecule has 1 aliphatic heterocycles. The van der Waals surface area contributed by atoms with E-state index in [4.69, 9.17) is 9.47 Å². The number of aliphatic imine (C=N–C) groups is 1. The van der Waals surface area contributed by atoms with Crippen LogP contribution in [0.4, 0.5) is 0 Å². The molecule has 1 saturated heterocycles. The Morgan fingerprint density at radius 3 is 2.41 bits per heavy atom. The Balaban J connectivity index is 0.00000441. The van der Waals surface area contributed by atoms with Gasteiger partial charge in [-0.05, 0) is 26.2 Å². The van der Waals surface area contributed by atoms with Crippen LogP contribution >= 0.6 is 24.0 Å². The van der Waals surface area contributed by atoms with Crippen molar-refractivity contribution in [3.8, 4) is 0 Å². The zero-order valence-electron chi connectivity index (χ0n) is 14.8. The number of guanidine groups is 1. The van der Waals surface area contributed by atoms with Gasteiger partial charge in [0, 0.05) is 25.1 Å². The molecule has 0 aromatic rings. The lowest BCUT2D eigenvalue weighted by Gasteiger charge is -2.36. The summed E-state index contributed by atoms with van der Waals surface area (Å²) in [4.78, 5) is 4.67. The zero-order valence-corrected chi connectivity index (χ0v) is 17.1. The summed E-state index contributed by atoms with van der Waals surface area (Å²) in [5.74, 6) is 1.43. The smallest absolute Gasteiger partial charge is 0.191 e. The number of hydrogen-bond donors (Lipinski definition) is 2. The van der Waals surface area contributed by atoms with Crippen LogP contribution in [0.3, 0.4) is 0 Å². The van der Waals surface area contributed by atoms with Crippen LogP contribution in [-0.4, -0.2) is 51.5 Å². The molecule has 1 fully saturated rings. The summed E-state index contributed by atoms with van der Waals surface area (Å²) in [6, 6.07) is 0. The van der Waals surface area contributed by atoms with Crippen LogP contribution in [0.1, 0.15) is 41.0 Å². The lowest BCUT2D eigenvalue weighted by molar-refractivity contribution is -0.0945. The first-order chi connectivity index (χ1) is 10.0. The van der Waals surface area contributed by atoms with Crippen LogP contribution in [0.5, 0.6) is 0 Å². The van der Waals surface area contributed by atoms with E-state index >= 15 is 0 Å². The normalized spacial score (nSPS) is 18.4. The lowest BCUT2D eigenvalue weighted by atomic mass is 9.89. The summed E-state index contributed by atoms with van der Waals surface area (Å²) in [6.07, 6.45) is 1.30. The number of nitrogens with zero attached hydrogens (tertiary/aromatic N) is 1. The first-order valence-corrected chi connectivity index (χ1v) is 8.22. The van der Waals surface area contributed by atoms with Crippen molar-refractivity contribution < 1.29 is 9.47 Å². The predicted octanol–water partition coefficient (Wildman–Crippen LogP) is 2.65. The van der Waals surface area contributed by atoms with E-state index in [1.54, 1.807) is 0 Å². The first kappa shape index (κ1) is 21.9. The van der Waals surface area contributed by atoms with E-state index < -0.39 is 0 Å². The van der Waals surface area contributed by atoms with Gasteiger partial charge in [-0.3, -0.25) is 4.99 Å². The Kier molecular flexibility index (Phi) is 11.4. The van der Waals surface area contributed by atoms with E-state index in [0.717, 1.165) is 51.8 Å². The van der Waals surface area contributed by atoms with Gasteiger partial charge in [0.25, 0.3) is 0 Å². The summed E-state index contributed by atoms with van der Waals surface area (Å²) in [5.41, 5.74) is 0.216. The van der Waals surface area contributed by atoms with Crippen molar-refractivity contribution in [3.63, 3.8) is 0 Å².